The zero-order chi connectivity index (χ0) is 15.5. The number of anilines is 1. The molecule has 1 aromatic carbocycles. The summed E-state index contributed by atoms with van der Waals surface area (Å²) in [5, 5.41) is 5.81. The summed E-state index contributed by atoms with van der Waals surface area (Å²) in [5.74, 6) is -0.533. The lowest BCUT2D eigenvalue weighted by Gasteiger charge is -2.25. The lowest BCUT2D eigenvalue weighted by atomic mass is 9.83. The maximum absolute atomic E-state index is 12.4. The average Bonchev–Trinajstić information content (AvgIpc) is 2.87. The van der Waals surface area contributed by atoms with Gasteiger partial charge in [-0.15, -0.1) is 13.2 Å². The van der Waals surface area contributed by atoms with Crippen LogP contribution < -0.4 is 15.4 Å². The quantitative estimate of drug-likeness (QED) is 0.899. The van der Waals surface area contributed by atoms with E-state index in [4.69, 9.17) is 0 Å². The first-order valence-corrected chi connectivity index (χ1v) is 6.73. The van der Waals surface area contributed by atoms with Crippen LogP contribution in [0.3, 0.4) is 0 Å². The van der Waals surface area contributed by atoms with Crippen molar-refractivity contribution in [1.29, 1.82) is 0 Å². The third kappa shape index (κ3) is 3.87. The van der Waals surface area contributed by atoms with Crippen molar-refractivity contribution in [3.63, 3.8) is 0 Å². The van der Waals surface area contributed by atoms with E-state index in [1.807, 2.05) is 6.92 Å². The van der Waals surface area contributed by atoms with Gasteiger partial charge in [0.15, 0.2) is 0 Å². The smallest absolute Gasteiger partial charge is 0.406 e. The van der Waals surface area contributed by atoms with Crippen LogP contribution in [0, 0.1) is 5.41 Å². The number of hydrogen-bond donors (Lipinski definition) is 2. The van der Waals surface area contributed by atoms with Crippen LogP contribution in [0.5, 0.6) is 5.75 Å². The first-order chi connectivity index (χ1) is 9.85. The van der Waals surface area contributed by atoms with Crippen LogP contribution in [-0.2, 0) is 4.79 Å². The minimum absolute atomic E-state index is 0.181. The molecule has 1 unspecified atom stereocenters. The number of amides is 1. The molecule has 1 aliphatic rings. The molecule has 2 rings (SSSR count). The normalized spacial score (nSPS) is 22.1. The highest BCUT2D eigenvalue weighted by atomic mass is 19.4. The van der Waals surface area contributed by atoms with E-state index in [9.17, 15) is 18.0 Å². The molecule has 2 N–H and O–H groups in total. The van der Waals surface area contributed by atoms with E-state index in [1.54, 1.807) is 0 Å². The Morgan fingerprint density at radius 1 is 1.48 bits per heavy atom. The van der Waals surface area contributed by atoms with E-state index >= 15 is 0 Å². The molecular weight excluding hydrogens is 285 g/mol. The second kappa shape index (κ2) is 5.93. The predicted octanol–water partition coefficient (Wildman–Crippen LogP) is 2.91. The number of halogens is 3. The number of rotatable bonds is 4. The van der Waals surface area contributed by atoms with Gasteiger partial charge in [0.05, 0.1) is 5.41 Å². The lowest BCUT2D eigenvalue weighted by Crippen LogP contribution is -2.37. The number of nitrogens with one attached hydrogen (secondary N) is 2. The standard InChI is InChI=1S/C14H17F3N2O2/c1-2-13(6-7-18-9-13)12(20)19-10-4-3-5-11(8-10)21-14(15,16)17/h3-5,8,18H,2,6-7,9H2,1H3,(H,19,20). The fourth-order valence-corrected chi connectivity index (χ4v) is 2.43. The zero-order valence-electron chi connectivity index (χ0n) is 11.6. The number of hydrogen-bond acceptors (Lipinski definition) is 3. The van der Waals surface area contributed by atoms with Gasteiger partial charge in [0.1, 0.15) is 5.75 Å². The van der Waals surface area contributed by atoms with Crippen LogP contribution in [0.25, 0.3) is 0 Å². The van der Waals surface area contributed by atoms with Gasteiger partial charge < -0.3 is 15.4 Å². The van der Waals surface area contributed by atoms with E-state index in [0.29, 0.717) is 25.1 Å². The summed E-state index contributed by atoms with van der Waals surface area (Å²) in [7, 11) is 0. The first-order valence-electron chi connectivity index (χ1n) is 6.73. The fourth-order valence-electron chi connectivity index (χ4n) is 2.43. The molecule has 0 spiro atoms. The summed E-state index contributed by atoms with van der Waals surface area (Å²) < 4.78 is 40.4. The molecule has 0 saturated carbocycles. The van der Waals surface area contributed by atoms with Gasteiger partial charge in [-0.2, -0.15) is 0 Å². The summed E-state index contributed by atoms with van der Waals surface area (Å²) in [4.78, 5) is 12.4. The molecular formula is C14H17F3N2O2. The van der Waals surface area contributed by atoms with Gasteiger partial charge in [-0.05, 0) is 31.5 Å². The molecule has 1 saturated heterocycles. The summed E-state index contributed by atoms with van der Waals surface area (Å²) >= 11 is 0. The van der Waals surface area contributed by atoms with Crippen molar-refractivity contribution in [3.8, 4) is 5.75 Å². The second-order valence-electron chi connectivity index (χ2n) is 5.09. The Kier molecular flexibility index (Phi) is 4.41. The van der Waals surface area contributed by atoms with Crippen LogP contribution in [0.4, 0.5) is 18.9 Å². The van der Waals surface area contributed by atoms with E-state index in [2.05, 4.69) is 15.4 Å². The van der Waals surface area contributed by atoms with Crippen LogP contribution in [0.1, 0.15) is 19.8 Å². The van der Waals surface area contributed by atoms with Crippen molar-refractivity contribution in [1.82, 2.24) is 5.32 Å². The van der Waals surface area contributed by atoms with Crippen molar-refractivity contribution >= 4 is 11.6 Å². The van der Waals surface area contributed by atoms with Crippen molar-refractivity contribution in [2.45, 2.75) is 26.1 Å². The maximum atomic E-state index is 12.4. The van der Waals surface area contributed by atoms with Gasteiger partial charge in [0.2, 0.25) is 5.91 Å². The highest BCUT2D eigenvalue weighted by Crippen LogP contribution is 2.32. The van der Waals surface area contributed by atoms with Crippen LogP contribution in [0.15, 0.2) is 24.3 Å². The third-order valence-corrected chi connectivity index (χ3v) is 3.73. The Labute approximate surface area is 120 Å². The van der Waals surface area contributed by atoms with Gasteiger partial charge in [0, 0.05) is 18.3 Å². The van der Waals surface area contributed by atoms with Crippen molar-refractivity contribution < 1.29 is 22.7 Å². The number of ether oxygens (including phenoxy) is 1. The van der Waals surface area contributed by atoms with Crippen molar-refractivity contribution in [3.05, 3.63) is 24.3 Å². The Balaban J connectivity index is 2.09. The van der Waals surface area contributed by atoms with E-state index in [0.717, 1.165) is 12.6 Å². The van der Waals surface area contributed by atoms with E-state index in [-0.39, 0.29) is 11.7 Å². The molecule has 4 nitrogen and oxygen atoms in total. The van der Waals surface area contributed by atoms with Gasteiger partial charge in [-0.3, -0.25) is 4.79 Å². The average molecular weight is 302 g/mol. The number of carbonyl (C=O) groups excluding carboxylic acids is 1. The molecule has 0 aliphatic carbocycles. The summed E-state index contributed by atoms with van der Waals surface area (Å²) in [6.45, 7) is 3.27. The van der Waals surface area contributed by atoms with Gasteiger partial charge in [-0.1, -0.05) is 13.0 Å². The first kappa shape index (κ1) is 15.6. The van der Waals surface area contributed by atoms with Gasteiger partial charge >= 0.3 is 6.36 Å². The van der Waals surface area contributed by atoms with E-state index in [1.165, 1.54) is 18.2 Å². The minimum atomic E-state index is -4.75. The molecule has 1 fully saturated rings. The van der Waals surface area contributed by atoms with Gasteiger partial charge in [-0.25, -0.2) is 0 Å². The highest BCUT2D eigenvalue weighted by molar-refractivity contribution is 5.95. The number of carbonyl (C=O) groups is 1. The maximum Gasteiger partial charge on any atom is 0.573 e. The third-order valence-electron chi connectivity index (χ3n) is 3.73. The van der Waals surface area contributed by atoms with E-state index < -0.39 is 11.8 Å². The molecule has 21 heavy (non-hydrogen) atoms. The fraction of sp³-hybridized carbons (Fsp3) is 0.500. The summed E-state index contributed by atoms with van der Waals surface area (Å²) in [6.07, 6.45) is -3.36. The number of alkyl halides is 3. The van der Waals surface area contributed by atoms with Crippen LogP contribution in [0.2, 0.25) is 0 Å². The molecule has 0 radical (unpaired) electrons. The summed E-state index contributed by atoms with van der Waals surface area (Å²) in [6, 6.07) is 5.29. The molecule has 0 aromatic heterocycles. The molecule has 1 heterocycles. The molecule has 7 heteroatoms. The minimum Gasteiger partial charge on any atom is -0.406 e. The lowest BCUT2D eigenvalue weighted by molar-refractivity contribution is -0.274. The van der Waals surface area contributed by atoms with Crippen LogP contribution >= 0.6 is 0 Å². The Bertz CT molecular complexity index is 511. The second-order valence-corrected chi connectivity index (χ2v) is 5.09. The Hall–Kier alpha value is -1.76. The highest BCUT2D eigenvalue weighted by Gasteiger charge is 2.39. The molecule has 1 atom stereocenters. The Morgan fingerprint density at radius 3 is 2.81 bits per heavy atom. The van der Waals surface area contributed by atoms with Crippen molar-refractivity contribution in [2.75, 3.05) is 18.4 Å². The molecule has 1 aromatic rings. The topological polar surface area (TPSA) is 50.4 Å². The SMILES string of the molecule is CCC1(C(=O)Nc2cccc(OC(F)(F)F)c2)CCNC1. The largest absolute Gasteiger partial charge is 0.573 e. The molecule has 116 valence electrons. The Morgan fingerprint density at radius 2 is 2.24 bits per heavy atom. The summed E-state index contributed by atoms with van der Waals surface area (Å²) in [5.41, 5.74) is -0.206. The molecule has 0 bridgehead atoms. The van der Waals surface area contributed by atoms with Crippen molar-refractivity contribution in [2.24, 2.45) is 5.41 Å². The predicted molar refractivity (Wildman–Crippen MR) is 72.0 cm³/mol. The van der Waals surface area contributed by atoms with Gasteiger partial charge in [0.25, 0.3) is 0 Å². The number of benzene rings is 1. The zero-order valence-corrected chi connectivity index (χ0v) is 11.6. The monoisotopic (exact) mass is 302 g/mol. The molecule has 1 aliphatic heterocycles. The molecule has 1 amide bonds. The van der Waals surface area contributed by atoms with Crippen LogP contribution in [-0.4, -0.2) is 25.4 Å².